The fraction of sp³-hybridized carbons (Fsp3) is 0.250. The zero-order chi connectivity index (χ0) is 19.0. The molecule has 4 rings (SSSR count). The van der Waals surface area contributed by atoms with Crippen molar-refractivity contribution in [1.82, 2.24) is 24.6 Å². The lowest BCUT2D eigenvalue weighted by molar-refractivity contribution is 0.309. The average Bonchev–Trinajstić information content (AvgIpc) is 3.23. The Kier molecular flexibility index (Phi) is 4.63. The van der Waals surface area contributed by atoms with E-state index in [9.17, 15) is 4.79 Å². The molecule has 4 aromatic rings. The first-order valence-electron chi connectivity index (χ1n) is 8.78. The molecule has 0 unspecified atom stereocenters. The van der Waals surface area contributed by atoms with Crippen LogP contribution in [0.1, 0.15) is 22.8 Å². The predicted molar refractivity (Wildman–Crippen MR) is 108 cm³/mol. The maximum Gasteiger partial charge on any atom is 0.268 e. The molecule has 0 fully saturated rings. The van der Waals surface area contributed by atoms with E-state index in [1.165, 1.54) is 16.9 Å². The Bertz CT molecular complexity index is 1140. The van der Waals surface area contributed by atoms with Gasteiger partial charge < -0.3 is 4.98 Å². The zero-order valence-electron chi connectivity index (χ0n) is 15.6. The maximum absolute atomic E-state index is 12.2. The third-order valence-corrected chi connectivity index (χ3v) is 5.56. The lowest BCUT2D eigenvalue weighted by Crippen LogP contribution is -2.22. The van der Waals surface area contributed by atoms with Gasteiger partial charge in [-0.1, -0.05) is 18.2 Å². The molecule has 0 aliphatic rings. The van der Waals surface area contributed by atoms with Crippen LogP contribution in [0.15, 0.2) is 46.6 Å². The highest BCUT2D eigenvalue weighted by Crippen LogP contribution is 2.20. The van der Waals surface area contributed by atoms with Gasteiger partial charge in [-0.05, 0) is 44.5 Å². The number of nitrogens with one attached hydrogen (secondary N) is 1. The van der Waals surface area contributed by atoms with Crippen molar-refractivity contribution in [3.63, 3.8) is 0 Å². The van der Waals surface area contributed by atoms with E-state index in [0.29, 0.717) is 17.1 Å². The highest BCUT2D eigenvalue weighted by atomic mass is 32.1. The molecule has 0 aliphatic heterocycles. The number of hydrogen-bond acceptors (Lipinski definition) is 5. The van der Waals surface area contributed by atoms with Gasteiger partial charge in [-0.25, -0.2) is 9.67 Å². The van der Waals surface area contributed by atoms with Crippen LogP contribution in [0.25, 0.3) is 15.9 Å². The summed E-state index contributed by atoms with van der Waals surface area (Å²) < 4.78 is 2.66. The van der Waals surface area contributed by atoms with Gasteiger partial charge in [0.15, 0.2) is 0 Å². The Balaban J connectivity index is 1.56. The highest BCUT2D eigenvalue weighted by Gasteiger charge is 2.15. The van der Waals surface area contributed by atoms with E-state index in [4.69, 9.17) is 5.10 Å². The minimum atomic E-state index is -0.0670. The summed E-state index contributed by atoms with van der Waals surface area (Å²) in [7, 11) is 2.02. The van der Waals surface area contributed by atoms with E-state index in [0.717, 1.165) is 29.1 Å². The number of fused-ring (bicyclic) bond motifs is 1. The van der Waals surface area contributed by atoms with Crippen molar-refractivity contribution in [2.45, 2.75) is 26.9 Å². The Hall–Kier alpha value is -2.77. The van der Waals surface area contributed by atoms with E-state index in [1.807, 2.05) is 48.3 Å². The molecule has 0 saturated heterocycles. The molecular formula is C20H21N5OS. The fourth-order valence-corrected chi connectivity index (χ4v) is 4.03. The van der Waals surface area contributed by atoms with E-state index < -0.39 is 0 Å². The second-order valence-corrected chi connectivity index (χ2v) is 7.63. The first kappa shape index (κ1) is 17.6. The van der Waals surface area contributed by atoms with Gasteiger partial charge in [0, 0.05) is 17.8 Å². The number of benzene rings is 1. The minimum absolute atomic E-state index is 0.0670. The van der Waals surface area contributed by atoms with Crippen molar-refractivity contribution in [3.8, 4) is 5.69 Å². The third-order valence-electron chi connectivity index (χ3n) is 4.65. The van der Waals surface area contributed by atoms with Crippen molar-refractivity contribution in [2.24, 2.45) is 0 Å². The topological polar surface area (TPSA) is 66.8 Å². The van der Waals surface area contributed by atoms with Crippen LogP contribution in [0, 0.1) is 13.8 Å². The number of para-hydroxylation sites is 1. The van der Waals surface area contributed by atoms with Gasteiger partial charge in [0.05, 0.1) is 23.4 Å². The van der Waals surface area contributed by atoms with Gasteiger partial charge in [-0.2, -0.15) is 5.10 Å². The molecule has 0 atom stereocenters. The molecule has 27 heavy (non-hydrogen) atoms. The van der Waals surface area contributed by atoms with Gasteiger partial charge in [0.1, 0.15) is 10.5 Å². The molecule has 0 bridgehead atoms. The van der Waals surface area contributed by atoms with E-state index in [-0.39, 0.29) is 5.56 Å². The summed E-state index contributed by atoms with van der Waals surface area (Å²) in [5, 5.41) is 6.60. The summed E-state index contributed by atoms with van der Waals surface area (Å²) in [6, 6.07) is 12.0. The van der Waals surface area contributed by atoms with Crippen LogP contribution >= 0.6 is 11.3 Å². The summed E-state index contributed by atoms with van der Waals surface area (Å²) >= 11 is 1.42. The summed E-state index contributed by atoms with van der Waals surface area (Å²) in [5.41, 5.74) is 5.08. The molecule has 6 nitrogen and oxygen atoms in total. The molecule has 3 heterocycles. The Morgan fingerprint density at radius 3 is 2.70 bits per heavy atom. The number of thiophene rings is 1. The zero-order valence-corrected chi connectivity index (χ0v) is 16.4. The SMILES string of the molecule is Cc1nn(-c2ccccc2)c(C)c1CN(C)Cc1nc2ccsc2c(=O)[nH]1. The normalized spacial score (nSPS) is 11.6. The Labute approximate surface area is 161 Å². The standard InChI is InChI=1S/C20H21N5OS/c1-13-16(14(2)25(23-13)15-7-5-4-6-8-15)11-24(3)12-18-21-17-9-10-27-19(17)20(26)22-18/h4-10H,11-12H2,1-3H3,(H,21,22,26). The number of aryl methyl sites for hydroxylation is 1. The van der Waals surface area contributed by atoms with Gasteiger partial charge >= 0.3 is 0 Å². The molecule has 1 aromatic carbocycles. The van der Waals surface area contributed by atoms with Crippen LogP contribution < -0.4 is 5.56 Å². The average molecular weight is 379 g/mol. The predicted octanol–water partition coefficient (Wildman–Crippen LogP) is 3.42. The van der Waals surface area contributed by atoms with E-state index in [1.54, 1.807) is 0 Å². The molecule has 1 N–H and O–H groups in total. The minimum Gasteiger partial charge on any atom is -0.308 e. The highest BCUT2D eigenvalue weighted by molar-refractivity contribution is 7.17. The lowest BCUT2D eigenvalue weighted by atomic mass is 10.2. The lowest BCUT2D eigenvalue weighted by Gasteiger charge is -2.16. The van der Waals surface area contributed by atoms with E-state index in [2.05, 4.69) is 33.9 Å². The molecule has 0 aliphatic carbocycles. The molecule has 3 aromatic heterocycles. The number of nitrogens with zero attached hydrogens (tertiary/aromatic N) is 4. The molecule has 0 radical (unpaired) electrons. The number of aromatic amines is 1. The smallest absolute Gasteiger partial charge is 0.268 e. The monoisotopic (exact) mass is 379 g/mol. The van der Waals surface area contributed by atoms with Gasteiger partial charge in [-0.3, -0.25) is 9.69 Å². The Morgan fingerprint density at radius 1 is 1.15 bits per heavy atom. The second kappa shape index (κ2) is 7.09. The number of H-pyrrole nitrogens is 1. The van der Waals surface area contributed by atoms with Crippen LogP contribution in [-0.4, -0.2) is 31.7 Å². The van der Waals surface area contributed by atoms with Crippen LogP contribution in [-0.2, 0) is 13.1 Å². The van der Waals surface area contributed by atoms with Gasteiger partial charge in [0.2, 0.25) is 0 Å². The number of aromatic nitrogens is 4. The molecule has 138 valence electrons. The molecule has 0 saturated carbocycles. The maximum atomic E-state index is 12.2. The molecular weight excluding hydrogens is 358 g/mol. The third kappa shape index (κ3) is 3.43. The van der Waals surface area contributed by atoms with Crippen molar-refractivity contribution >= 4 is 21.6 Å². The Morgan fingerprint density at radius 2 is 1.93 bits per heavy atom. The van der Waals surface area contributed by atoms with Gasteiger partial charge in [0.25, 0.3) is 5.56 Å². The number of hydrogen-bond donors (Lipinski definition) is 1. The number of rotatable bonds is 5. The van der Waals surface area contributed by atoms with Crippen molar-refractivity contribution < 1.29 is 0 Å². The van der Waals surface area contributed by atoms with Crippen molar-refractivity contribution in [1.29, 1.82) is 0 Å². The van der Waals surface area contributed by atoms with E-state index >= 15 is 0 Å². The van der Waals surface area contributed by atoms with Crippen molar-refractivity contribution in [3.05, 3.63) is 74.9 Å². The first-order valence-corrected chi connectivity index (χ1v) is 9.66. The quantitative estimate of drug-likeness (QED) is 0.577. The van der Waals surface area contributed by atoms with Crippen LogP contribution in [0.5, 0.6) is 0 Å². The largest absolute Gasteiger partial charge is 0.308 e. The summed E-state index contributed by atoms with van der Waals surface area (Å²) in [6.07, 6.45) is 0. The fourth-order valence-electron chi connectivity index (χ4n) is 3.30. The molecule has 0 amide bonds. The summed E-state index contributed by atoms with van der Waals surface area (Å²) in [4.78, 5) is 21.8. The first-order chi connectivity index (χ1) is 13.0. The summed E-state index contributed by atoms with van der Waals surface area (Å²) in [6.45, 7) is 5.42. The molecule has 7 heteroatoms. The molecule has 0 spiro atoms. The van der Waals surface area contributed by atoms with Crippen LogP contribution in [0.2, 0.25) is 0 Å². The summed E-state index contributed by atoms with van der Waals surface area (Å²) in [5.74, 6) is 0.680. The second-order valence-electron chi connectivity index (χ2n) is 6.72. The van der Waals surface area contributed by atoms with Crippen molar-refractivity contribution in [2.75, 3.05) is 7.05 Å². The van der Waals surface area contributed by atoms with Crippen LogP contribution in [0.3, 0.4) is 0 Å². The van der Waals surface area contributed by atoms with Gasteiger partial charge in [-0.15, -0.1) is 11.3 Å². The van der Waals surface area contributed by atoms with Crippen LogP contribution in [0.4, 0.5) is 0 Å².